The lowest BCUT2D eigenvalue weighted by molar-refractivity contribution is 0.409. The van der Waals surface area contributed by atoms with Crippen molar-refractivity contribution >= 4 is 5.82 Å². The largest absolute Gasteiger partial charge is 0.508 e. The number of anilines is 1. The third kappa shape index (κ3) is 2.97. The molecule has 0 aliphatic carbocycles. The topological polar surface area (TPSA) is 116 Å². The summed E-state index contributed by atoms with van der Waals surface area (Å²) in [6.45, 7) is 4.14. The van der Waals surface area contributed by atoms with Gasteiger partial charge in [0, 0.05) is 40.9 Å². The Balaban J connectivity index is 2.21. The second-order valence-corrected chi connectivity index (χ2v) is 6.24. The predicted molar refractivity (Wildman–Crippen MR) is 95.0 cm³/mol. The Morgan fingerprint density at radius 2 is 1.88 bits per heavy atom. The first-order valence-electron chi connectivity index (χ1n) is 8.05. The quantitative estimate of drug-likeness (QED) is 0.674. The summed E-state index contributed by atoms with van der Waals surface area (Å²) < 4.78 is 5.37. The maximum absolute atomic E-state index is 9.69. The number of nitrogen functional groups attached to an aromatic ring is 1. The first-order chi connectivity index (χ1) is 12.0. The minimum Gasteiger partial charge on any atom is -0.508 e. The van der Waals surface area contributed by atoms with Crippen LogP contribution in [0.25, 0.3) is 11.1 Å². The maximum atomic E-state index is 9.69. The van der Waals surface area contributed by atoms with Crippen LogP contribution in [0.3, 0.4) is 0 Å². The van der Waals surface area contributed by atoms with E-state index in [4.69, 9.17) is 10.5 Å². The van der Waals surface area contributed by atoms with Crippen LogP contribution in [0.2, 0.25) is 0 Å². The number of rotatable bonds is 3. The molecule has 2 atom stereocenters. The van der Waals surface area contributed by atoms with Crippen molar-refractivity contribution < 1.29 is 9.84 Å². The molecule has 0 saturated carbocycles. The number of hydrazine groups is 1. The molecule has 0 bridgehead atoms. The molecule has 2 heterocycles. The molecule has 1 aromatic carbocycles. The van der Waals surface area contributed by atoms with Gasteiger partial charge in [-0.25, -0.2) is 4.98 Å². The molecule has 1 aliphatic rings. The monoisotopic (exact) mass is 339 g/mol. The molecule has 130 valence electrons. The Kier molecular flexibility index (Phi) is 4.49. The van der Waals surface area contributed by atoms with Gasteiger partial charge in [0.05, 0.1) is 7.11 Å². The molecule has 7 heteroatoms. The van der Waals surface area contributed by atoms with E-state index in [2.05, 4.69) is 35.8 Å². The summed E-state index contributed by atoms with van der Waals surface area (Å²) in [5, 5.41) is 19.2. The lowest BCUT2D eigenvalue weighted by Crippen LogP contribution is -2.30. The van der Waals surface area contributed by atoms with Gasteiger partial charge in [0.25, 0.3) is 0 Å². The van der Waals surface area contributed by atoms with Gasteiger partial charge in [-0.1, -0.05) is 0 Å². The third-order valence-electron chi connectivity index (χ3n) is 4.61. The van der Waals surface area contributed by atoms with Crippen LogP contribution in [0.15, 0.2) is 24.3 Å². The summed E-state index contributed by atoms with van der Waals surface area (Å²) in [6, 6.07) is 9.14. The van der Waals surface area contributed by atoms with Gasteiger partial charge in [0.1, 0.15) is 28.9 Å². The van der Waals surface area contributed by atoms with Crippen molar-refractivity contribution in [2.75, 3.05) is 12.8 Å². The summed E-state index contributed by atoms with van der Waals surface area (Å²) in [4.78, 5) is 4.47. The molecular formula is C18H21N5O2. The summed E-state index contributed by atoms with van der Waals surface area (Å²) in [5.41, 5.74) is 14.9. The maximum Gasteiger partial charge on any atom is 0.142 e. The summed E-state index contributed by atoms with van der Waals surface area (Å²) in [7, 11) is 1.52. The highest BCUT2D eigenvalue weighted by Gasteiger charge is 2.33. The first-order valence-corrected chi connectivity index (χ1v) is 8.05. The van der Waals surface area contributed by atoms with Crippen molar-refractivity contribution in [2.45, 2.75) is 31.8 Å². The number of hydrogen-bond acceptors (Lipinski definition) is 7. The normalized spacial score (nSPS) is 22.6. The van der Waals surface area contributed by atoms with Crippen molar-refractivity contribution in [3.8, 4) is 28.7 Å². The van der Waals surface area contributed by atoms with Crippen LogP contribution in [0.4, 0.5) is 5.82 Å². The SMILES string of the molecule is COc1cc(O)ccc1-c1cc(C2C(C)NNC2C)nc(N)c1C#N. The summed E-state index contributed by atoms with van der Waals surface area (Å²) in [5.74, 6) is 0.859. The van der Waals surface area contributed by atoms with Crippen LogP contribution in [-0.4, -0.2) is 29.3 Å². The van der Waals surface area contributed by atoms with Crippen LogP contribution in [0.5, 0.6) is 11.5 Å². The molecule has 7 nitrogen and oxygen atoms in total. The number of aromatic hydroxyl groups is 1. The number of methoxy groups -OCH3 is 1. The highest BCUT2D eigenvalue weighted by molar-refractivity contribution is 5.80. The average Bonchev–Trinajstić information content (AvgIpc) is 2.92. The van der Waals surface area contributed by atoms with Crippen LogP contribution in [-0.2, 0) is 0 Å². The fourth-order valence-electron chi connectivity index (χ4n) is 3.38. The van der Waals surface area contributed by atoms with Gasteiger partial charge in [0.15, 0.2) is 0 Å². The Morgan fingerprint density at radius 1 is 1.20 bits per heavy atom. The highest BCUT2D eigenvalue weighted by atomic mass is 16.5. The number of pyridine rings is 1. The van der Waals surface area contributed by atoms with E-state index in [0.717, 1.165) is 5.69 Å². The van der Waals surface area contributed by atoms with Gasteiger partial charge in [0.2, 0.25) is 0 Å². The number of nitrogens with two attached hydrogens (primary N) is 1. The van der Waals surface area contributed by atoms with Crippen molar-refractivity contribution in [3.63, 3.8) is 0 Å². The Labute approximate surface area is 146 Å². The molecular weight excluding hydrogens is 318 g/mol. The first kappa shape index (κ1) is 17.0. The summed E-state index contributed by atoms with van der Waals surface area (Å²) >= 11 is 0. The lowest BCUT2D eigenvalue weighted by atomic mass is 9.89. The van der Waals surface area contributed by atoms with Gasteiger partial charge < -0.3 is 15.6 Å². The van der Waals surface area contributed by atoms with E-state index in [-0.39, 0.29) is 29.6 Å². The van der Waals surface area contributed by atoms with Gasteiger partial charge >= 0.3 is 0 Å². The molecule has 1 saturated heterocycles. The van der Waals surface area contributed by atoms with E-state index in [1.54, 1.807) is 12.1 Å². The predicted octanol–water partition coefficient (Wildman–Crippen LogP) is 1.89. The Morgan fingerprint density at radius 3 is 2.48 bits per heavy atom. The number of aromatic nitrogens is 1. The number of benzene rings is 1. The molecule has 0 radical (unpaired) electrons. The lowest BCUT2D eigenvalue weighted by Gasteiger charge is -2.20. The second kappa shape index (κ2) is 6.59. The smallest absolute Gasteiger partial charge is 0.142 e. The summed E-state index contributed by atoms with van der Waals surface area (Å²) in [6.07, 6.45) is 0. The van der Waals surface area contributed by atoms with Crippen molar-refractivity contribution in [1.82, 2.24) is 15.8 Å². The molecule has 0 amide bonds. The molecule has 5 N–H and O–H groups in total. The number of phenolic OH excluding ortho intramolecular Hbond substituents is 1. The third-order valence-corrected chi connectivity index (χ3v) is 4.61. The van der Waals surface area contributed by atoms with Crippen LogP contribution in [0, 0.1) is 11.3 Å². The number of nitrogens with zero attached hydrogens (tertiary/aromatic N) is 2. The average molecular weight is 339 g/mol. The molecule has 1 fully saturated rings. The standard InChI is InChI=1S/C18H21N5O2/c1-9-17(10(2)23-22-9)15-7-13(14(8-19)18(20)21-15)12-5-4-11(24)6-16(12)25-3/h4-7,9-10,17,22-24H,1-3H3,(H2,20,21). The number of nitrogens with one attached hydrogen (secondary N) is 2. The van der Waals surface area contributed by atoms with E-state index in [1.165, 1.54) is 13.2 Å². The van der Waals surface area contributed by atoms with Crippen LogP contribution < -0.4 is 21.3 Å². The minimum absolute atomic E-state index is 0.0906. The van der Waals surface area contributed by atoms with E-state index < -0.39 is 0 Å². The van der Waals surface area contributed by atoms with E-state index >= 15 is 0 Å². The number of ether oxygens (including phenoxy) is 1. The van der Waals surface area contributed by atoms with Crippen molar-refractivity contribution in [2.24, 2.45) is 0 Å². The van der Waals surface area contributed by atoms with E-state index in [1.807, 2.05) is 6.07 Å². The van der Waals surface area contributed by atoms with E-state index in [0.29, 0.717) is 22.4 Å². The van der Waals surface area contributed by atoms with Gasteiger partial charge in [-0.2, -0.15) is 5.26 Å². The van der Waals surface area contributed by atoms with Crippen molar-refractivity contribution in [3.05, 3.63) is 35.5 Å². The van der Waals surface area contributed by atoms with Crippen LogP contribution >= 0.6 is 0 Å². The fraction of sp³-hybridized carbons (Fsp3) is 0.333. The van der Waals surface area contributed by atoms with Gasteiger partial charge in [-0.3, -0.25) is 10.9 Å². The zero-order valence-corrected chi connectivity index (χ0v) is 14.4. The molecule has 2 aromatic rings. The second-order valence-electron chi connectivity index (χ2n) is 6.24. The van der Waals surface area contributed by atoms with Crippen molar-refractivity contribution in [1.29, 1.82) is 5.26 Å². The minimum atomic E-state index is 0.0906. The zero-order chi connectivity index (χ0) is 18.1. The molecule has 1 aromatic heterocycles. The van der Waals surface area contributed by atoms with Crippen LogP contribution in [0.1, 0.15) is 31.0 Å². The number of phenols is 1. The molecule has 25 heavy (non-hydrogen) atoms. The van der Waals surface area contributed by atoms with Gasteiger partial charge in [-0.15, -0.1) is 0 Å². The molecule has 0 spiro atoms. The fourth-order valence-corrected chi connectivity index (χ4v) is 3.38. The van der Waals surface area contributed by atoms with E-state index in [9.17, 15) is 10.4 Å². The molecule has 3 rings (SSSR count). The molecule has 2 unspecified atom stereocenters. The number of hydrogen-bond donors (Lipinski definition) is 4. The Bertz CT molecular complexity index is 836. The number of nitriles is 1. The molecule has 1 aliphatic heterocycles. The Hall–Kier alpha value is -2.82. The van der Waals surface area contributed by atoms with Gasteiger partial charge in [-0.05, 0) is 32.0 Å². The highest BCUT2D eigenvalue weighted by Crippen LogP contribution is 2.38. The zero-order valence-electron chi connectivity index (χ0n) is 14.4.